The van der Waals surface area contributed by atoms with Gasteiger partial charge in [-0.05, 0) is 19.1 Å². The lowest BCUT2D eigenvalue weighted by atomic mass is 10.6. The molecule has 1 N–H and O–H groups in total. The Kier molecular flexibility index (Phi) is 4.66. The number of H-pyrrole nitrogens is 1. The number of aromatic amines is 1. The summed E-state index contributed by atoms with van der Waals surface area (Å²) in [4.78, 5) is 3.87. The van der Waals surface area contributed by atoms with Crippen molar-refractivity contribution in [3.8, 4) is 0 Å². The van der Waals surface area contributed by atoms with E-state index in [4.69, 9.17) is 0 Å². The summed E-state index contributed by atoms with van der Waals surface area (Å²) in [6.07, 6.45) is 1.62. The lowest BCUT2D eigenvalue weighted by Crippen LogP contribution is -1.86. The average molecular weight is 157 g/mol. The molecule has 1 heterocycles. The standard InChI is InChI=1S/C4H5N3S.C2H6/c1-3-2-5-7-4(8)6-3;1-2/h2H,1H3,(H,6,7,8);1-2H3. The molecule has 56 valence electrons. The second kappa shape index (κ2) is 5.05. The topological polar surface area (TPSA) is 41.6 Å². The summed E-state index contributed by atoms with van der Waals surface area (Å²) in [5, 5.41) is 6.22. The Morgan fingerprint density at radius 2 is 2.10 bits per heavy atom. The van der Waals surface area contributed by atoms with Crippen molar-refractivity contribution >= 4 is 12.2 Å². The number of aromatic nitrogens is 3. The molecule has 4 heteroatoms. The Labute approximate surface area is 65.5 Å². The first-order valence-corrected chi connectivity index (χ1v) is 3.58. The van der Waals surface area contributed by atoms with Crippen LogP contribution in [0.5, 0.6) is 0 Å². The van der Waals surface area contributed by atoms with Gasteiger partial charge in [-0.25, -0.2) is 4.98 Å². The van der Waals surface area contributed by atoms with Crippen molar-refractivity contribution in [2.45, 2.75) is 20.8 Å². The predicted octanol–water partition coefficient (Wildman–Crippen LogP) is 1.87. The molecule has 3 nitrogen and oxygen atoms in total. The van der Waals surface area contributed by atoms with E-state index in [0.717, 1.165) is 5.69 Å². The number of hydrogen-bond acceptors (Lipinski definition) is 3. The molecule has 1 aromatic heterocycles. The molecule has 0 aromatic carbocycles. The second-order valence-electron chi connectivity index (χ2n) is 1.43. The lowest BCUT2D eigenvalue weighted by Gasteiger charge is -1.84. The molecule has 0 fully saturated rings. The summed E-state index contributed by atoms with van der Waals surface area (Å²) in [6.45, 7) is 5.84. The van der Waals surface area contributed by atoms with Crippen molar-refractivity contribution in [1.29, 1.82) is 0 Å². The van der Waals surface area contributed by atoms with E-state index in [0.29, 0.717) is 4.77 Å². The SMILES string of the molecule is CC.Cc1cn[nH]c(=S)n1. The summed E-state index contributed by atoms with van der Waals surface area (Å²) in [6, 6.07) is 0. The van der Waals surface area contributed by atoms with Crippen LogP contribution in [0.2, 0.25) is 0 Å². The van der Waals surface area contributed by atoms with Crippen molar-refractivity contribution in [3.05, 3.63) is 16.7 Å². The van der Waals surface area contributed by atoms with Gasteiger partial charge in [0.25, 0.3) is 0 Å². The van der Waals surface area contributed by atoms with Crippen LogP contribution >= 0.6 is 12.2 Å². The highest BCUT2D eigenvalue weighted by molar-refractivity contribution is 7.71. The molecule has 0 amide bonds. The molecular formula is C6H11N3S. The maximum Gasteiger partial charge on any atom is 0.213 e. The van der Waals surface area contributed by atoms with Crippen molar-refractivity contribution in [2.24, 2.45) is 0 Å². The molecule has 0 unspecified atom stereocenters. The van der Waals surface area contributed by atoms with E-state index in [9.17, 15) is 0 Å². The molecule has 0 aliphatic heterocycles. The molecule has 1 rings (SSSR count). The van der Waals surface area contributed by atoms with Gasteiger partial charge in [0.15, 0.2) is 0 Å². The Balaban J connectivity index is 0.000000371. The van der Waals surface area contributed by atoms with E-state index in [2.05, 4.69) is 27.4 Å². The Bertz CT molecular complexity index is 230. The van der Waals surface area contributed by atoms with Gasteiger partial charge in [0.1, 0.15) is 0 Å². The van der Waals surface area contributed by atoms with E-state index < -0.39 is 0 Å². The van der Waals surface area contributed by atoms with Gasteiger partial charge in [0.2, 0.25) is 4.77 Å². The van der Waals surface area contributed by atoms with Gasteiger partial charge in [-0.2, -0.15) is 5.10 Å². The van der Waals surface area contributed by atoms with Gasteiger partial charge < -0.3 is 0 Å². The first kappa shape index (κ1) is 9.23. The van der Waals surface area contributed by atoms with Gasteiger partial charge in [-0.15, -0.1) is 0 Å². The normalized spacial score (nSPS) is 7.90. The molecular weight excluding hydrogens is 146 g/mol. The highest BCUT2D eigenvalue weighted by Crippen LogP contribution is 1.82. The van der Waals surface area contributed by atoms with Crippen LogP contribution in [0.15, 0.2) is 6.20 Å². The van der Waals surface area contributed by atoms with Crippen LogP contribution < -0.4 is 0 Å². The number of nitrogens with zero attached hydrogens (tertiary/aromatic N) is 2. The van der Waals surface area contributed by atoms with Crippen LogP contribution in [0, 0.1) is 11.7 Å². The quantitative estimate of drug-likeness (QED) is 0.584. The minimum absolute atomic E-state index is 0.435. The Morgan fingerprint density at radius 3 is 2.40 bits per heavy atom. The first-order chi connectivity index (χ1) is 4.79. The van der Waals surface area contributed by atoms with E-state index in [1.165, 1.54) is 0 Å². The van der Waals surface area contributed by atoms with Crippen molar-refractivity contribution < 1.29 is 0 Å². The number of rotatable bonds is 0. The molecule has 10 heavy (non-hydrogen) atoms. The minimum Gasteiger partial charge on any atom is -0.252 e. The molecule has 0 saturated carbocycles. The van der Waals surface area contributed by atoms with Crippen LogP contribution in [0.3, 0.4) is 0 Å². The van der Waals surface area contributed by atoms with Gasteiger partial charge >= 0.3 is 0 Å². The molecule has 0 atom stereocenters. The molecule has 0 radical (unpaired) electrons. The Morgan fingerprint density at radius 1 is 1.50 bits per heavy atom. The third-order valence-corrected chi connectivity index (χ3v) is 0.872. The van der Waals surface area contributed by atoms with Crippen LogP contribution in [0.4, 0.5) is 0 Å². The van der Waals surface area contributed by atoms with Crippen molar-refractivity contribution in [2.75, 3.05) is 0 Å². The van der Waals surface area contributed by atoms with E-state index in [-0.39, 0.29) is 0 Å². The van der Waals surface area contributed by atoms with Gasteiger partial charge in [0, 0.05) is 0 Å². The molecule has 0 bridgehead atoms. The van der Waals surface area contributed by atoms with Crippen molar-refractivity contribution in [3.63, 3.8) is 0 Å². The smallest absolute Gasteiger partial charge is 0.213 e. The summed E-state index contributed by atoms with van der Waals surface area (Å²) in [7, 11) is 0. The minimum atomic E-state index is 0.435. The zero-order valence-corrected chi connectivity index (χ0v) is 7.20. The largest absolute Gasteiger partial charge is 0.252 e. The van der Waals surface area contributed by atoms with Crippen LogP contribution in [-0.2, 0) is 0 Å². The monoisotopic (exact) mass is 157 g/mol. The van der Waals surface area contributed by atoms with Gasteiger partial charge in [-0.3, -0.25) is 5.10 Å². The summed E-state index contributed by atoms with van der Waals surface area (Å²) >= 11 is 4.67. The van der Waals surface area contributed by atoms with Gasteiger partial charge in [-0.1, -0.05) is 13.8 Å². The van der Waals surface area contributed by atoms with Crippen LogP contribution in [0.25, 0.3) is 0 Å². The highest BCUT2D eigenvalue weighted by atomic mass is 32.1. The van der Waals surface area contributed by atoms with Crippen molar-refractivity contribution in [1.82, 2.24) is 15.2 Å². The van der Waals surface area contributed by atoms with E-state index in [1.807, 2.05) is 20.8 Å². The predicted molar refractivity (Wildman–Crippen MR) is 43.3 cm³/mol. The summed E-state index contributed by atoms with van der Waals surface area (Å²) in [5.74, 6) is 0. The molecule has 1 aromatic rings. The summed E-state index contributed by atoms with van der Waals surface area (Å²) in [5.41, 5.74) is 0.841. The summed E-state index contributed by atoms with van der Waals surface area (Å²) < 4.78 is 0.435. The number of nitrogens with one attached hydrogen (secondary N) is 1. The number of aryl methyl sites for hydroxylation is 1. The third-order valence-electron chi connectivity index (χ3n) is 0.689. The first-order valence-electron chi connectivity index (χ1n) is 3.17. The number of hydrogen-bond donors (Lipinski definition) is 1. The van der Waals surface area contributed by atoms with Gasteiger partial charge in [0.05, 0.1) is 11.9 Å². The molecule has 0 aliphatic rings. The van der Waals surface area contributed by atoms with E-state index in [1.54, 1.807) is 6.20 Å². The average Bonchev–Trinajstić information content (AvgIpc) is 1.91. The molecule has 0 spiro atoms. The third kappa shape index (κ3) is 3.29. The fourth-order valence-electron chi connectivity index (χ4n) is 0.395. The fourth-order valence-corrected chi connectivity index (χ4v) is 0.592. The zero-order chi connectivity index (χ0) is 7.98. The zero-order valence-electron chi connectivity index (χ0n) is 6.38. The molecule has 0 aliphatic carbocycles. The molecule has 0 saturated heterocycles. The van der Waals surface area contributed by atoms with E-state index >= 15 is 0 Å². The highest BCUT2D eigenvalue weighted by Gasteiger charge is 1.79. The lowest BCUT2D eigenvalue weighted by molar-refractivity contribution is 0.920. The van der Waals surface area contributed by atoms with Crippen LogP contribution in [0.1, 0.15) is 19.5 Å². The van der Waals surface area contributed by atoms with Crippen LogP contribution in [-0.4, -0.2) is 15.2 Å². The Hall–Kier alpha value is -0.770. The fraction of sp³-hybridized carbons (Fsp3) is 0.500. The maximum atomic E-state index is 4.67. The second-order valence-corrected chi connectivity index (χ2v) is 1.82. The maximum absolute atomic E-state index is 4.67.